The fraction of sp³-hybridized carbons (Fsp3) is 0.571. The second-order valence-corrected chi connectivity index (χ2v) is 6.18. The summed E-state index contributed by atoms with van der Waals surface area (Å²) in [6.45, 7) is 4.50. The van der Waals surface area contributed by atoms with E-state index in [0.29, 0.717) is 6.04 Å². The number of hydrogen-bond donors (Lipinski definition) is 1. The van der Waals surface area contributed by atoms with Gasteiger partial charge in [-0.1, -0.05) is 12.1 Å². The van der Waals surface area contributed by atoms with Gasteiger partial charge in [-0.15, -0.1) is 11.8 Å². The lowest BCUT2D eigenvalue weighted by Crippen LogP contribution is -2.27. The van der Waals surface area contributed by atoms with E-state index in [1.807, 2.05) is 11.8 Å². The molecule has 1 unspecified atom stereocenters. The first-order valence-corrected chi connectivity index (χ1v) is 7.23. The number of hydrogen-bond acceptors (Lipinski definition) is 2. The molecule has 1 fully saturated rings. The van der Waals surface area contributed by atoms with Gasteiger partial charge < -0.3 is 5.32 Å². The molecule has 1 aromatic carbocycles. The van der Waals surface area contributed by atoms with Crippen LogP contribution in [-0.4, -0.2) is 11.8 Å². The van der Waals surface area contributed by atoms with E-state index in [2.05, 4.69) is 31.3 Å². The van der Waals surface area contributed by atoms with Gasteiger partial charge in [0.1, 0.15) is 0 Å². The van der Waals surface area contributed by atoms with Crippen molar-refractivity contribution in [1.29, 1.82) is 0 Å². The monoisotopic (exact) mass is 233 g/mol. The number of nitrogens with one attached hydrogen (secondary N) is 1. The van der Waals surface area contributed by atoms with Crippen molar-refractivity contribution in [2.24, 2.45) is 0 Å². The fourth-order valence-corrected chi connectivity index (χ4v) is 3.87. The maximum atomic E-state index is 3.80. The molecule has 1 aliphatic carbocycles. The van der Waals surface area contributed by atoms with Crippen molar-refractivity contribution < 1.29 is 0 Å². The van der Waals surface area contributed by atoms with Crippen LogP contribution in [0, 0.1) is 13.8 Å². The van der Waals surface area contributed by atoms with Crippen LogP contribution in [-0.2, 0) is 0 Å². The van der Waals surface area contributed by atoms with Gasteiger partial charge in [-0.25, -0.2) is 0 Å². The lowest BCUT2D eigenvalue weighted by Gasteiger charge is -2.29. The standard InChI is InChI=1S/C14H19NS/c1-9-3-4-10(2)14-13(9)12(7-8-16-14)15-11-5-6-11/h3-4,11-12,15H,5-8H2,1-2H3. The van der Waals surface area contributed by atoms with Crippen molar-refractivity contribution in [2.75, 3.05) is 5.75 Å². The molecule has 0 saturated heterocycles. The lowest BCUT2D eigenvalue weighted by molar-refractivity contribution is 0.504. The van der Waals surface area contributed by atoms with Crippen LogP contribution in [0.4, 0.5) is 0 Å². The molecule has 0 spiro atoms. The maximum Gasteiger partial charge on any atom is 0.0344 e. The highest BCUT2D eigenvalue weighted by molar-refractivity contribution is 7.99. The first kappa shape index (κ1) is 10.7. The normalized spacial score (nSPS) is 24.2. The highest BCUT2D eigenvalue weighted by Gasteiger charge is 2.29. The summed E-state index contributed by atoms with van der Waals surface area (Å²) in [6, 6.07) is 5.96. The van der Waals surface area contributed by atoms with Crippen LogP contribution in [0.15, 0.2) is 17.0 Å². The number of fused-ring (bicyclic) bond motifs is 1. The zero-order chi connectivity index (χ0) is 11.1. The molecule has 0 aromatic heterocycles. The van der Waals surface area contributed by atoms with Gasteiger partial charge in [0.05, 0.1) is 0 Å². The van der Waals surface area contributed by atoms with Crippen LogP contribution >= 0.6 is 11.8 Å². The Morgan fingerprint density at radius 1 is 1.12 bits per heavy atom. The summed E-state index contributed by atoms with van der Waals surface area (Å²) in [6.07, 6.45) is 4.05. The molecule has 0 bridgehead atoms. The fourth-order valence-electron chi connectivity index (χ4n) is 2.56. The smallest absolute Gasteiger partial charge is 0.0344 e. The molecule has 16 heavy (non-hydrogen) atoms. The van der Waals surface area contributed by atoms with Crippen LogP contribution in [0.3, 0.4) is 0 Å². The van der Waals surface area contributed by atoms with E-state index in [1.165, 1.54) is 36.1 Å². The Labute approximate surface area is 102 Å². The van der Waals surface area contributed by atoms with Crippen molar-refractivity contribution in [1.82, 2.24) is 5.32 Å². The number of aryl methyl sites for hydroxylation is 2. The minimum absolute atomic E-state index is 0.614. The van der Waals surface area contributed by atoms with Gasteiger partial charge in [0.15, 0.2) is 0 Å². The van der Waals surface area contributed by atoms with Crippen LogP contribution in [0.25, 0.3) is 0 Å². The van der Waals surface area contributed by atoms with E-state index in [1.54, 1.807) is 10.5 Å². The molecule has 1 atom stereocenters. The SMILES string of the molecule is Cc1ccc(C)c2c1SCCC2NC1CC1. The largest absolute Gasteiger partial charge is 0.307 e. The Kier molecular flexibility index (Phi) is 2.72. The van der Waals surface area contributed by atoms with Crippen molar-refractivity contribution in [3.05, 3.63) is 28.8 Å². The third-order valence-corrected chi connectivity index (χ3v) is 4.90. The van der Waals surface area contributed by atoms with Gasteiger partial charge in [-0.2, -0.15) is 0 Å². The van der Waals surface area contributed by atoms with Gasteiger partial charge in [0, 0.05) is 17.0 Å². The van der Waals surface area contributed by atoms with E-state index in [-0.39, 0.29) is 0 Å². The topological polar surface area (TPSA) is 12.0 Å². The van der Waals surface area contributed by atoms with Crippen molar-refractivity contribution in [3.63, 3.8) is 0 Å². The van der Waals surface area contributed by atoms with Crippen LogP contribution < -0.4 is 5.32 Å². The molecule has 1 aliphatic heterocycles. The molecule has 1 heterocycles. The van der Waals surface area contributed by atoms with Gasteiger partial charge in [-0.3, -0.25) is 0 Å². The van der Waals surface area contributed by atoms with Gasteiger partial charge in [-0.05, 0) is 55.6 Å². The summed E-state index contributed by atoms with van der Waals surface area (Å²) in [4.78, 5) is 1.55. The lowest BCUT2D eigenvalue weighted by atomic mass is 9.96. The van der Waals surface area contributed by atoms with E-state index in [0.717, 1.165) is 6.04 Å². The minimum atomic E-state index is 0.614. The van der Waals surface area contributed by atoms with Crippen molar-refractivity contribution >= 4 is 11.8 Å². The predicted molar refractivity (Wildman–Crippen MR) is 70.2 cm³/mol. The van der Waals surface area contributed by atoms with Gasteiger partial charge in [0.2, 0.25) is 0 Å². The molecule has 1 nitrogen and oxygen atoms in total. The quantitative estimate of drug-likeness (QED) is 0.837. The van der Waals surface area contributed by atoms with E-state index < -0.39 is 0 Å². The van der Waals surface area contributed by atoms with Gasteiger partial charge >= 0.3 is 0 Å². The van der Waals surface area contributed by atoms with Crippen LogP contribution in [0.1, 0.15) is 42.0 Å². The first-order chi connectivity index (χ1) is 7.75. The Morgan fingerprint density at radius 2 is 1.88 bits per heavy atom. The number of thioether (sulfide) groups is 1. The third-order valence-electron chi connectivity index (χ3n) is 3.63. The highest BCUT2D eigenvalue weighted by atomic mass is 32.2. The molecule has 1 saturated carbocycles. The molecule has 1 aromatic rings. The molecule has 2 aliphatic rings. The summed E-state index contributed by atoms with van der Waals surface area (Å²) in [5, 5.41) is 3.80. The molecule has 0 amide bonds. The van der Waals surface area contributed by atoms with Crippen LogP contribution in [0.5, 0.6) is 0 Å². The van der Waals surface area contributed by atoms with Crippen LogP contribution in [0.2, 0.25) is 0 Å². The number of benzene rings is 1. The Hall–Kier alpha value is -0.470. The summed E-state index contributed by atoms with van der Waals surface area (Å²) >= 11 is 2.04. The second kappa shape index (κ2) is 4.08. The van der Waals surface area contributed by atoms with E-state index >= 15 is 0 Å². The summed E-state index contributed by atoms with van der Waals surface area (Å²) in [5.74, 6) is 1.27. The van der Waals surface area contributed by atoms with Gasteiger partial charge in [0.25, 0.3) is 0 Å². The van der Waals surface area contributed by atoms with Crippen molar-refractivity contribution in [3.8, 4) is 0 Å². The molecule has 86 valence electrons. The maximum absolute atomic E-state index is 3.80. The molecular weight excluding hydrogens is 214 g/mol. The molecular formula is C14H19NS. The Bertz CT molecular complexity index is 409. The zero-order valence-corrected chi connectivity index (χ0v) is 10.9. The summed E-state index contributed by atoms with van der Waals surface area (Å²) < 4.78 is 0. The summed E-state index contributed by atoms with van der Waals surface area (Å²) in [5.41, 5.74) is 4.50. The Balaban J connectivity index is 1.98. The van der Waals surface area contributed by atoms with E-state index in [9.17, 15) is 0 Å². The second-order valence-electron chi connectivity index (χ2n) is 5.07. The Morgan fingerprint density at radius 3 is 2.62 bits per heavy atom. The molecule has 1 N–H and O–H groups in total. The highest BCUT2D eigenvalue weighted by Crippen LogP contribution is 2.41. The zero-order valence-electron chi connectivity index (χ0n) is 10.0. The average molecular weight is 233 g/mol. The average Bonchev–Trinajstić information content (AvgIpc) is 3.08. The molecule has 0 radical (unpaired) electrons. The van der Waals surface area contributed by atoms with Crippen molar-refractivity contribution in [2.45, 2.75) is 50.1 Å². The number of rotatable bonds is 2. The first-order valence-electron chi connectivity index (χ1n) is 6.24. The van der Waals surface area contributed by atoms with E-state index in [4.69, 9.17) is 0 Å². The predicted octanol–water partition coefficient (Wildman–Crippen LogP) is 3.59. The summed E-state index contributed by atoms with van der Waals surface area (Å²) in [7, 11) is 0. The third kappa shape index (κ3) is 1.89. The molecule has 2 heteroatoms. The minimum Gasteiger partial charge on any atom is -0.307 e. The molecule has 3 rings (SSSR count).